The number of ether oxygens (including phenoxy) is 2. The summed E-state index contributed by atoms with van der Waals surface area (Å²) in [7, 11) is 0. The second-order valence-corrected chi connectivity index (χ2v) is 9.32. The number of nitrogens with zero attached hydrogens (tertiary/aromatic N) is 1. The molecule has 1 aliphatic heterocycles. The van der Waals surface area contributed by atoms with Gasteiger partial charge in [-0.3, -0.25) is 0 Å². The van der Waals surface area contributed by atoms with E-state index in [2.05, 4.69) is 67.1 Å². The largest absolute Gasteiger partial charge is 0.396 e. The Morgan fingerprint density at radius 3 is 2.53 bits per heavy atom. The standard InChI is InChI=1S/C25H33N3O2/c1-15(2)27-18-6-4-17(5-7-18)25-24(26)21-12-16(3)23(30-20-10-11-29-14-20)13-22(21)28(25)19-8-9-19/h4-7,12-13,15-16,19-20,23,27H,8-11,14,26H2,1-3H3/t16-,20?,23?/m0/s1. The van der Waals surface area contributed by atoms with E-state index in [1.807, 2.05) is 0 Å². The third kappa shape index (κ3) is 3.65. The first-order chi connectivity index (χ1) is 14.5. The van der Waals surface area contributed by atoms with E-state index in [4.69, 9.17) is 15.2 Å². The Kier molecular flexibility index (Phi) is 5.11. The zero-order valence-corrected chi connectivity index (χ0v) is 18.2. The molecule has 160 valence electrons. The molecule has 3 atom stereocenters. The van der Waals surface area contributed by atoms with Crippen LogP contribution >= 0.6 is 0 Å². The molecule has 2 unspecified atom stereocenters. The molecule has 0 amide bonds. The summed E-state index contributed by atoms with van der Waals surface area (Å²) in [5, 5.41) is 5.88. The Morgan fingerprint density at radius 1 is 1.13 bits per heavy atom. The Balaban J connectivity index is 1.56. The first-order valence-electron chi connectivity index (χ1n) is 11.3. The molecule has 0 radical (unpaired) electrons. The average Bonchev–Trinajstić information content (AvgIpc) is 3.35. The first-order valence-corrected chi connectivity index (χ1v) is 11.3. The molecule has 1 aromatic carbocycles. The normalized spacial score (nSPS) is 25.7. The zero-order valence-electron chi connectivity index (χ0n) is 18.2. The molecule has 0 bridgehead atoms. The summed E-state index contributed by atoms with van der Waals surface area (Å²) >= 11 is 0. The molecule has 5 heteroatoms. The van der Waals surface area contributed by atoms with Crippen molar-refractivity contribution in [2.45, 2.75) is 64.3 Å². The van der Waals surface area contributed by atoms with Crippen LogP contribution in [0, 0.1) is 5.92 Å². The number of rotatable bonds is 6. The molecule has 30 heavy (non-hydrogen) atoms. The van der Waals surface area contributed by atoms with E-state index in [9.17, 15) is 0 Å². The minimum atomic E-state index is 0.0708. The molecule has 5 rings (SSSR count). The van der Waals surface area contributed by atoms with E-state index in [1.54, 1.807) is 0 Å². The zero-order chi connectivity index (χ0) is 20.8. The van der Waals surface area contributed by atoms with Crippen LogP contribution in [0.4, 0.5) is 11.4 Å². The maximum Gasteiger partial charge on any atom is 0.0844 e. The lowest BCUT2D eigenvalue weighted by atomic mass is 9.98. The highest BCUT2D eigenvalue weighted by atomic mass is 16.5. The molecular weight excluding hydrogens is 374 g/mol. The second kappa shape index (κ2) is 7.78. The third-order valence-electron chi connectivity index (χ3n) is 6.35. The van der Waals surface area contributed by atoms with Crippen molar-refractivity contribution in [3.05, 3.63) is 34.8 Å². The van der Waals surface area contributed by atoms with Gasteiger partial charge in [-0.2, -0.15) is 0 Å². The van der Waals surface area contributed by atoms with Crippen LogP contribution in [-0.2, 0) is 9.47 Å². The minimum absolute atomic E-state index is 0.0708. The van der Waals surface area contributed by atoms with Crippen LogP contribution in [0.5, 0.6) is 0 Å². The van der Waals surface area contributed by atoms with Crippen LogP contribution in [0.25, 0.3) is 23.4 Å². The summed E-state index contributed by atoms with van der Waals surface area (Å²) in [6, 6.07) is 9.63. The second-order valence-electron chi connectivity index (χ2n) is 9.32. The summed E-state index contributed by atoms with van der Waals surface area (Å²) in [4.78, 5) is 0. The van der Waals surface area contributed by atoms with E-state index in [0.29, 0.717) is 24.6 Å². The predicted octanol–water partition coefficient (Wildman–Crippen LogP) is 3.28. The van der Waals surface area contributed by atoms with Crippen molar-refractivity contribution in [1.82, 2.24) is 4.57 Å². The molecular formula is C25H33N3O2. The number of nitrogens with one attached hydrogen (secondary N) is 1. The molecule has 2 heterocycles. The fourth-order valence-electron chi connectivity index (χ4n) is 4.73. The molecule has 2 aliphatic carbocycles. The van der Waals surface area contributed by atoms with Gasteiger partial charge < -0.3 is 25.1 Å². The summed E-state index contributed by atoms with van der Waals surface area (Å²) in [6.45, 7) is 8.04. The van der Waals surface area contributed by atoms with Gasteiger partial charge >= 0.3 is 0 Å². The van der Waals surface area contributed by atoms with Crippen LogP contribution in [0.2, 0.25) is 0 Å². The van der Waals surface area contributed by atoms with Crippen molar-refractivity contribution in [1.29, 1.82) is 0 Å². The summed E-state index contributed by atoms with van der Waals surface area (Å²) < 4.78 is 14.4. The number of benzene rings is 1. The smallest absolute Gasteiger partial charge is 0.0844 e. The van der Waals surface area contributed by atoms with Gasteiger partial charge in [0.15, 0.2) is 0 Å². The van der Waals surface area contributed by atoms with Gasteiger partial charge in [0, 0.05) is 46.4 Å². The van der Waals surface area contributed by atoms with Crippen LogP contribution in [0.15, 0.2) is 24.3 Å². The summed E-state index contributed by atoms with van der Waals surface area (Å²) in [5.74, 6) is 0.293. The average molecular weight is 408 g/mol. The maximum absolute atomic E-state index is 6.76. The molecule has 2 aromatic rings. The van der Waals surface area contributed by atoms with Crippen molar-refractivity contribution in [2.24, 2.45) is 5.92 Å². The molecule has 5 nitrogen and oxygen atoms in total. The van der Waals surface area contributed by atoms with Crippen LogP contribution in [0.1, 0.15) is 46.1 Å². The van der Waals surface area contributed by atoms with Crippen molar-refractivity contribution in [3.63, 3.8) is 0 Å². The van der Waals surface area contributed by atoms with E-state index in [-0.39, 0.29) is 12.2 Å². The topological polar surface area (TPSA) is 61.4 Å². The summed E-state index contributed by atoms with van der Waals surface area (Å²) in [5.41, 5.74) is 11.1. The lowest BCUT2D eigenvalue weighted by Crippen LogP contribution is -2.40. The van der Waals surface area contributed by atoms with E-state index < -0.39 is 0 Å². The van der Waals surface area contributed by atoms with Crippen molar-refractivity contribution in [2.75, 3.05) is 24.3 Å². The molecule has 1 saturated heterocycles. The van der Waals surface area contributed by atoms with Gasteiger partial charge in [0.2, 0.25) is 0 Å². The van der Waals surface area contributed by atoms with Gasteiger partial charge in [-0.05, 0) is 51.3 Å². The van der Waals surface area contributed by atoms with Gasteiger partial charge in [-0.15, -0.1) is 0 Å². The fourth-order valence-corrected chi connectivity index (χ4v) is 4.73. The van der Waals surface area contributed by atoms with Gasteiger partial charge in [-0.25, -0.2) is 0 Å². The SMILES string of the molecule is CC(C)Nc1ccc(-c2c(N)c3c(n2C2CC2)=CC(OC2CCOC2)[C@@H](C)C=3)cc1. The molecule has 2 fully saturated rings. The minimum Gasteiger partial charge on any atom is -0.396 e. The lowest BCUT2D eigenvalue weighted by molar-refractivity contribution is 0.00186. The first kappa shape index (κ1) is 19.7. The number of nitrogen functional groups attached to an aromatic ring is 1. The van der Waals surface area contributed by atoms with Crippen molar-refractivity contribution < 1.29 is 9.47 Å². The highest BCUT2D eigenvalue weighted by Gasteiger charge is 2.32. The number of aromatic nitrogens is 1. The number of anilines is 2. The fraction of sp³-hybridized carbons (Fsp3) is 0.520. The van der Waals surface area contributed by atoms with Crippen LogP contribution < -0.4 is 21.6 Å². The Bertz CT molecular complexity index is 1030. The quantitative estimate of drug-likeness (QED) is 0.772. The molecule has 1 aromatic heterocycles. The maximum atomic E-state index is 6.76. The van der Waals surface area contributed by atoms with E-state index in [0.717, 1.165) is 30.1 Å². The highest BCUT2D eigenvalue weighted by Crippen LogP contribution is 2.39. The number of hydrogen-bond donors (Lipinski definition) is 2. The molecule has 3 N–H and O–H groups in total. The third-order valence-corrected chi connectivity index (χ3v) is 6.35. The Hall–Kier alpha value is -2.24. The van der Waals surface area contributed by atoms with Crippen molar-refractivity contribution in [3.8, 4) is 11.3 Å². The number of fused-ring (bicyclic) bond motifs is 1. The molecule has 0 spiro atoms. The molecule has 1 saturated carbocycles. The van der Waals surface area contributed by atoms with Crippen molar-refractivity contribution >= 4 is 23.5 Å². The number of nitrogens with two attached hydrogens (primary N) is 1. The van der Waals surface area contributed by atoms with Gasteiger partial charge in [0.05, 0.1) is 30.2 Å². The summed E-state index contributed by atoms with van der Waals surface area (Å²) in [6.07, 6.45) is 8.30. The van der Waals surface area contributed by atoms with E-state index >= 15 is 0 Å². The predicted molar refractivity (Wildman–Crippen MR) is 123 cm³/mol. The van der Waals surface area contributed by atoms with E-state index in [1.165, 1.54) is 29.0 Å². The Labute approximate surface area is 178 Å². The molecule has 3 aliphatic rings. The number of hydrogen-bond acceptors (Lipinski definition) is 4. The lowest BCUT2D eigenvalue weighted by Gasteiger charge is -2.24. The highest BCUT2D eigenvalue weighted by molar-refractivity contribution is 5.77. The van der Waals surface area contributed by atoms with Crippen LogP contribution in [-0.4, -0.2) is 36.0 Å². The van der Waals surface area contributed by atoms with Gasteiger partial charge in [0.25, 0.3) is 0 Å². The van der Waals surface area contributed by atoms with Gasteiger partial charge in [0.1, 0.15) is 0 Å². The monoisotopic (exact) mass is 407 g/mol. The van der Waals surface area contributed by atoms with Gasteiger partial charge in [-0.1, -0.05) is 25.1 Å². The van der Waals surface area contributed by atoms with Crippen LogP contribution in [0.3, 0.4) is 0 Å². The Morgan fingerprint density at radius 2 is 1.90 bits per heavy atom.